The molecule has 0 radical (unpaired) electrons. The molecule has 2 aromatic heterocycles. The molecule has 0 saturated carbocycles. The number of hydrogen-bond acceptors (Lipinski definition) is 5. The van der Waals surface area contributed by atoms with E-state index in [1.54, 1.807) is 32.9 Å². The highest BCUT2D eigenvalue weighted by Crippen LogP contribution is 2.34. The second kappa shape index (κ2) is 6.34. The van der Waals surface area contributed by atoms with Crippen molar-refractivity contribution in [3.8, 4) is 0 Å². The SMILES string of the molecule is Cc1cc(C2(C)NC(=O)N(Cc3cc(=O)oc4cc(C)c(C)cc34)C2=O)c(C)o1. The van der Waals surface area contributed by atoms with E-state index in [9.17, 15) is 14.4 Å². The summed E-state index contributed by atoms with van der Waals surface area (Å²) in [5, 5.41) is 3.49. The van der Waals surface area contributed by atoms with Gasteiger partial charge in [-0.05, 0) is 69.5 Å². The number of nitrogens with one attached hydrogen (secondary N) is 1. The molecule has 1 atom stereocenters. The zero-order chi connectivity index (χ0) is 21.1. The Labute approximate surface area is 167 Å². The molecule has 7 nitrogen and oxygen atoms in total. The van der Waals surface area contributed by atoms with Crippen molar-refractivity contribution in [3.05, 3.63) is 68.5 Å². The van der Waals surface area contributed by atoms with E-state index < -0.39 is 23.1 Å². The highest BCUT2D eigenvalue weighted by atomic mass is 16.4. The van der Waals surface area contributed by atoms with Gasteiger partial charge in [0.25, 0.3) is 5.91 Å². The van der Waals surface area contributed by atoms with Gasteiger partial charge >= 0.3 is 11.7 Å². The maximum atomic E-state index is 13.2. The van der Waals surface area contributed by atoms with Crippen LogP contribution in [-0.4, -0.2) is 16.8 Å². The van der Waals surface area contributed by atoms with Gasteiger partial charge in [-0.2, -0.15) is 0 Å². The molecular weight excluding hydrogens is 372 g/mol. The van der Waals surface area contributed by atoms with Gasteiger partial charge in [0.15, 0.2) is 0 Å². The largest absolute Gasteiger partial charge is 0.466 e. The van der Waals surface area contributed by atoms with Crippen LogP contribution in [0.15, 0.2) is 37.9 Å². The number of carbonyl (C=O) groups excluding carboxylic acids is 2. The average molecular weight is 394 g/mol. The summed E-state index contributed by atoms with van der Waals surface area (Å²) in [4.78, 5) is 39.1. The number of aryl methyl sites for hydroxylation is 4. The molecule has 29 heavy (non-hydrogen) atoms. The topological polar surface area (TPSA) is 92.8 Å². The molecule has 1 aliphatic rings. The lowest BCUT2D eigenvalue weighted by molar-refractivity contribution is -0.131. The van der Waals surface area contributed by atoms with Crippen molar-refractivity contribution in [2.24, 2.45) is 0 Å². The smallest absolute Gasteiger partial charge is 0.336 e. The van der Waals surface area contributed by atoms with Gasteiger partial charge in [0.2, 0.25) is 0 Å². The van der Waals surface area contributed by atoms with Gasteiger partial charge < -0.3 is 14.2 Å². The zero-order valence-electron chi connectivity index (χ0n) is 17.0. The quantitative estimate of drug-likeness (QED) is 0.541. The molecule has 7 heteroatoms. The molecule has 0 spiro atoms. The first kappa shape index (κ1) is 19.0. The first-order valence-corrected chi connectivity index (χ1v) is 9.36. The van der Waals surface area contributed by atoms with Crippen molar-refractivity contribution >= 4 is 22.9 Å². The summed E-state index contributed by atoms with van der Waals surface area (Å²) in [6.07, 6.45) is 0. The normalized spacial score (nSPS) is 19.3. The van der Waals surface area contributed by atoms with Crippen LogP contribution in [0.3, 0.4) is 0 Å². The van der Waals surface area contributed by atoms with Crippen molar-refractivity contribution in [1.29, 1.82) is 0 Å². The maximum Gasteiger partial charge on any atom is 0.336 e. The zero-order valence-corrected chi connectivity index (χ0v) is 17.0. The van der Waals surface area contributed by atoms with Crippen molar-refractivity contribution in [3.63, 3.8) is 0 Å². The first-order valence-electron chi connectivity index (χ1n) is 9.36. The van der Waals surface area contributed by atoms with Gasteiger partial charge in [-0.3, -0.25) is 9.69 Å². The molecule has 1 unspecified atom stereocenters. The Balaban J connectivity index is 1.76. The van der Waals surface area contributed by atoms with Crippen LogP contribution in [0.1, 0.15) is 40.7 Å². The Hall–Kier alpha value is -3.35. The molecule has 1 fully saturated rings. The summed E-state index contributed by atoms with van der Waals surface area (Å²) >= 11 is 0. The third-order valence-electron chi connectivity index (χ3n) is 5.63. The van der Waals surface area contributed by atoms with Crippen LogP contribution in [0.25, 0.3) is 11.0 Å². The summed E-state index contributed by atoms with van der Waals surface area (Å²) in [6.45, 7) is 9.07. The fourth-order valence-corrected chi connectivity index (χ4v) is 3.93. The molecule has 1 N–H and O–H groups in total. The lowest BCUT2D eigenvalue weighted by Gasteiger charge is -2.21. The van der Waals surface area contributed by atoms with E-state index in [0.717, 1.165) is 16.0 Å². The molecule has 3 heterocycles. The number of imide groups is 1. The number of urea groups is 1. The Morgan fingerprint density at radius 1 is 0.966 bits per heavy atom. The molecule has 0 aliphatic carbocycles. The lowest BCUT2D eigenvalue weighted by atomic mass is 9.92. The number of carbonyl (C=O) groups is 2. The van der Waals surface area contributed by atoms with E-state index in [1.165, 1.54) is 6.07 Å². The van der Waals surface area contributed by atoms with E-state index in [0.29, 0.717) is 33.6 Å². The van der Waals surface area contributed by atoms with Gasteiger partial charge in [0.05, 0.1) is 6.54 Å². The van der Waals surface area contributed by atoms with Gasteiger partial charge in [-0.25, -0.2) is 9.59 Å². The molecule has 4 rings (SSSR count). The third kappa shape index (κ3) is 2.93. The maximum absolute atomic E-state index is 13.2. The van der Waals surface area contributed by atoms with Gasteiger partial charge in [-0.1, -0.05) is 0 Å². The number of rotatable bonds is 3. The van der Waals surface area contributed by atoms with E-state index in [4.69, 9.17) is 8.83 Å². The summed E-state index contributed by atoms with van der Waals surface area (Å²) in [6, 6.07) is 6.28. The highest BCUT2D eigenvalue weighted by molar-refractivity contribution is 6.07. The van der Waals surface area contributed by atoms with Crippen LogP contribution in [-0.2, 0) is 16.9 Å². The van der Waals surface area contributed by atoms with Crippen LogP contribution in [0, 0.1) is 27.7 Å². The Morgan fingerprint density at radius 3 is 2.31 bits per heavy atom. The van der Waals surface area contributed by atoms with Crippen molar-refractivity contribution in [2.45, 2.75) is 46.7 Å². The molecular formula is C22H22N2O5. The van der Waals surface area contributed by atoms with Crippen molar-refractivity contribution in [1.82, 2.24) is 10.2 Å². The molecule has 150 valence electrons. The molecule has 1 aromatic carbocycles. The fraction of sp³-hybridized carbons (Fsp3) is 0.318. The monoisotopic (exact) mass is 394 g/mol. The van der Waals surface area contributed by atoms with E-state index in [-0.39, 0.29) is 6.54 Å². The first-order chi connectivity index (χ1) is 13.6. The summed E-state index contributed by atoms with van der Waals surface area (Å²) in [5.74, 6) is 0.853. The second-order valence-electron chi connectivity index (χ2n) is 7.80. The Morgan fingerprint density at radius 2 is 1.66 bits per heavy atom. The highest BCUT2D eigenvalue weighted by Gasteiger charge is 2.50. The minimum atomic E-state index is -1.22. The number of amides is 3. The van der Waals surface area contributed by atoms with Crippen molar-refractivity contribution < 1.29 is 18.4 Å². The van der Waals surface area contributed by atoms with E-state index >= 15 is 0 Å². The predicted octanol–water partition coefficient (Wildman–Crippen LogP) is 3.59. The lowest BCUT2D eigenvalue weighted by Crippen LogP contribution is -2.41. The van der Waals surface area contributed by atoms with Crippen LogP contribution in [0.5, 0.6) is 0 Å². The molecule has 3 amide bonds. The summed E-state index contributed by atoms with van der Waals surface area (Å²) in [7, 11) is 0. The molecule has 1 aliphatic heterocycles. The fourth-order valence-electron chi connectivity index (χ4n) is 3.93. The van der Waals surface area contributed by atoms with Crippen molar-refractivity contribution in [2.75, 3.05) is 0 Å². The van der Waals surface area contributed by atoms with Crippen LogP contribution >= 0.6 is 0 Å². The Bertz CT molecular complexity index is 1240. The van der Waals surface area contributed by atoms with Gasteiger partial charge in [-0.15, -0.1) is 0 Å². The van der Waals surface area contributed by atoms with Gasteiger partial charge in [0.1, 0.15) is 22.6 Å². The standard InChI is InChI=1S/C22H22N2O5/c1-11-6-16-15(9-19(25)29-18(16)7-12(11)2)10-24-20(26)22(5,23-21(24)27)17-8-13(3)28-14(17)4/h6-9H,10H2,1-5H3,(H,23,27). The molecule has 0 bridgehead atoms. The average Bonchev–Trinajstić information content (AvgIpc) is 3.08. The molecule has 1 saturated heterocycles. The minimum Gasteiger partial charge on any atom is -0.466 e. The number of fused-ring (bicyclic) bond motifs is 1. The number of nitrogens with zero attached hydrogens (tertiary/aromatic N) is 1. The van der Waals surface area contributed by atoms with E-state index in [1.807, 2.05) is 19.9 Å². The second-order valence-corrected chi connectivity index (χ2v) is 7.80. The van der Waals surface area contributed by atoms with Gasteiger partial charge in [0, 0.05) is 17.0 Å². The van der Waals surface area contributed by atoms with E-state index in [2.05, 4.69) is 5.32 Å². The van der Waals surface area contributed by atoms with Crippen LogP contribution in [0.4, 0.5) is 4.79 Å². The van der Waals surface area contributed by atoms with Crippen LogP contribution < -0.4 is 10.9 Å². The van der Waals surface area contributed by atoms with Crippen LogP contribution in [0.2, 0.25) is 0 Å². The minimum absolute atomic E-state index is 0.0270. The summed E-state index contributed by atoms with van der Waals surface area (Å²) in [5.41, 5.74) is 1.90. The predicted molar refractivity (Wildman–Crippen MR) is 107 cm³/mol. The number of benzene rings is 1. The Kier molecular flexibility index (Phi) is 4.15. The number of hydrogen-bond donors (Lipinski definition) is 1. The number of furan rings is 1. The third-order valence-corrected chi connectivity index (χ3v) is 5.63. The summed E-state index contributed by atoms with van der Waals surface area (Å²) < 4.78 is 10.9. The molecule has 3 aromatic rings.